The van der Waals surface area contributed by atoms with Crippen LogP contribution in [0.1, 0.15) is 18.6 Å². The van der Waals surface area contributed by atoms with Gasteiger partial charge in [-0.3, -0.25) is 0 Å². The van der Waals surface area contributed by atoms with Gasteiger partial charge in [0.15, 0.2) is 0 Å². The van der Waals surface area contributed by atoms with Crippen molar-refractivity contribution >= 4 is 11.0 Å². The van der Waals surface area contributed by atoms with Crippen molar-refractivity contribution in [3.05, 3.63) is 35.6 Å². The van der Waals surface area contributed by atoms with Crippen molar-refractivity contribution in [3.8, 4) is 0 Å². The van der Waals surface area contributed by atoms with Crippen molar-refractivity contribution in [1.29, 1.82) is 0 Å². The van der Waals surface area contributed by atoms with Crippen LogP contribution in [0.4, 0.5) is 8.78 Å². The molecule has 2 aromatic rings. The normalized spacial score (nSPS) is 15.1. The number of hydrogen-bond acceptors (Lipinski definition) is 3. The van der Waals surface area contributed by atoms with Gasteiger partial charge in [0.25, 0.3) is 0 Å². The fraction of sp³-hybridized carbons (Fsp3) is 0.429. The molecule has 0 saturated carbocycles. The molecule has 1 heterocycles. The summed E-state index contributed by atoms with van der Waals surface area (Å²) in [4.78, 5) is 1.85. The first kappa shape index (κ1) is 14.0. The highest BCUT2D eigenvalue weighted by molar-refractivity contribution is 5.79. The molecule has 0 aliphatic rings. The molecule has 5 heteroatoms. The zero-order valence-electron chi connectivity index (χ0n) is 11.4. The van der Waals surface area contributed by atoms with Crippen molar-refractivity contribution in [2.75, 3.05) is 21.2 Å². The van der Waals surface area contributed by atoms with Crippen LogP contribution in [0.3, 0.4) is 0 Å². The predicted molar refractivity (Wildman–Crippen MR) is 69.0 cm³/mol. The van der Waals surface area contributed by atoms with Gasteiger partial charge in [0.1, 0.15) is 23.3 Å². The first-order chi connectivity index (χ1) is 8.97. The van der Waals surface area contributed by atoms with Crippen molar-refractivity contribution < 1.29 is 17.9 Å². The Morgan fingerprint density at radius 1 is 1.32 bits per heavy atom. The summed E-state index contributed by atoms with van der Waals surface area (Å²) in [5, 5.41) is 0.268. The van der Waals surface area contributed by atoms with Crippen LogP contribution in [0.15, 0.2) is 22.8 Å². The Kier molecular flexibility index (Phi) is 3.87. The van der Waals surface area contributed by atoms with Gasteiger partial charge in [-0.1, -0.05) is 0 Å². The van der Waals surface area contributed by atoms with Crippen LogP contribution in [0.2, 0.25) is 0 Å². The van der Waals surface area contributed by atoms with Crippen molar-refractivity contribution in [2.45, 2.75) is 19.1 Å². The van der Waals surface area contributed by atoms with Gasteiger partial charge in [-0.2, -0.15) is 0 Å². The Bertz CT molecular complexity index is 580. The Morgan fingerprint density at radius 2 is 2.00 bits per heavy atom. The number of fused-ring (bicyclic) bond motifs is 1. The van der Waals surface area contributed by atoms with E-state index in [1.165, 1.54) is 25.5 Å². The van der Waals surface area contributed by atoms with Crippen LogP contribution in [0.25, 0.3) is 11.0 Å². The summed E-state index contributed by atoms with van der Waals surface area (Å²) in [5.74, 6) is -1.27. The van der Waals surface area contributed by atoms with Crippen LogP contribution in [0, 0.1) is 11.6 Å². The Morgan fingerprint density at radius 3 is 2.58 bits per heavy atom. The second-order valence-electron chi connectivity index (χ2n) is 4.78. The lowest BCUT2D eigenvalue weighted by Crippen LogP contribution is -2.33. The van der Waals surface area contributed by atoms with Gasteiger partial charge in [-0.15, -0.1) is 0 Å². The molecular formula is C14H17F2NO2. The molecule has 104 valence electrons. The molecule has 3 nitrogen and oxygen atoms in total. The van der Waals surface area contributed by atoms with E-state index in [2.05, 4.69) is 0 Å². The van der Waals surface area contributed by atoms with Crippen LogP contribution >= 0.6 is 0 Å². The van der Waals surface area contributed by atoms with E-state index in [4.69, 9.17) is 9.15 Å². The molecule has 0 spiro atoms. The lowest BCUT2D eigenvalue weighted by atomic mass is 9.99. The molecule has 0 amide bonds. The summed E-state index contributed by atoms with van der Waals surface area (Å²) in [6.07, 6.45) is 0.656. The van der Waals surface area contributed by atoms with E-state index in [-0.39, 0.29) is 22.6 Å². The van der Waals surface area contributed by atoms with E-state index in [0.29, 0.717) is 0 Å². The van der Waals surface area contributed by atoms with Gasteiger partial charge in [0.2, 0.25) is 0 Å². The van der Waals surface area contributed by atoms with Crippen molar-refractivity contribution in [2.24, 2.45) is 0 Å². The summed E-state index contributed by atoms with van der Waals surface area (Å²) in [7, 11) is 5.12. The average molecular weight is 269 g/mol. The van der Waals surface area contributed by atoms with E-state index in [9.17, 15) is 8.78 Å². The molecular weight excluding hydrogens is 252 g/mol. The summed E-state index contributed by atoms with van der Waals surface area (Å²) < 4.78 is 38.9. The smallest absolute Gasteiger partial charge is 0.143 e. The van der Waals surface area contributed by atoms with Crippen LogP contribution in [0.5, 0.6) is 0 Å². The fourth-order valence-electron chi connectivity index (χ4n) is 2.14. The number of nitrogens with zero attached hydrogens (tertiary/aromatic N) is 1. The van der Waals surface area contributed by atoms with Crippen LogP contribution in [-0.4, -0.2) is 32.1 Å². The molecule has 0 N–H and O–H groups in total. The van der Waals surface area contributed by atoms with Gasteiger partial charge in [0.05, 0.1) is 17.2 Å². The molecule has 0 aliphatic carbocycles. The standard InChI is InChI=1S/C14H17F2NO2/c1-8(17(2)3)14(18-4)12-10(15)7-11-9(13(12)16)5-6-19-11/h5-8,14H,1-4H3. The first-order valence-corrected chi connectivity index (χ1v) is 6.01. The highest BCUT2D eigenvalue weighted by Crippen LogP contribution is 2.33. The van der Waals surface area contributed by atoms with E-state index in [1.54, 1.807) is 0 Å². The van der Waals surface area contributed by atoms with Gasteiger partial charge >= 0.3 is 0 Å². The highest BCUT2D eigenvalue weighted by atomic mass is 19.1. The lowest BCUT2D eigenvalue weighted by molar-refractivity contribution is 0.0339. The van der Waals surface area contributed by atoms with E-state index < -0.39 is 17.7 Å². The molecule has 2 atom stereocenters. The molecule has 0 aliphatic heterocycles. The Labute approximate surface area is 110 Å². The summed E-state index contributed by atoms with van der Waals surface area (Å²) in [6.45, 7) is 1.85. The van der Waals surface area contributed by atoms with E-state index in [1.807, 2.05) is 25.9 Å². The second-order valence-corrected chi connectivity index (χ2v) is 4.78. The number of likely N-dealkylation sites (N-methyl/N-ethyl adjacent to an activating group) is 1. The minimum Gasteiger partial charge on any atom is -0.464 e. The number of ether oxygens (including phenoxy) is 1. The topological polar surface area (TPSA) is 25.6 Å². The molecule has 0 radical (unpaired) electrons. The van der Waals surface area contributed by atoms with Gasteiger partial charge in [-0.25, -0.2) is 8.78 Å². The van der Waals surface area contributed by atoms with Crippen LogP contribution in [-0.2, 0) is 4.74 Å². The average Bonchev–Trinajstić information content (AvgIpc) is 2.81. The number of rotatable bonds is 4. The van der Waals surface area contributed by atoms with Gasteiger partial charge in [-0.05, 0) is 27.1 Å². The maximum absolute atomic E-state index is 14.4. The number of halogens is 2. The third-order valence-corrected chi connectivity index (χ3v) is 3.47. The monoisotopic (exact) mass is 269 g/mol. The Balaban J connectivity index is 2.59. The molecule has 2 unspecified atom stereocenters. The number of furan rings is 1. The van der Waals surface area contributed by atoms with E-state index in [0.717, 1.165) is 0 Å². The van der Waals surface area contributed by atoms with Gasteiger partial charge < -0.3 is 14.1 Å². The lowest BCUT2D eigenvalue weighted by Gasteiger charge is -2.29. The molecule has 0 saturated heterocycles. The number of benzene rings is 1. The molecule has 0 bridgehead atoms. The van der Waals surface area contributed by atoms with Crippen molar-refractivity contribution in [1.82, 2.24) is 4.90 Å². The quantitative estimate of drug-likeness (QED) is 0.851. The molecule has 0 fully saturated rings. The number of hydrogen-bond donors (Lipinski definition) is 0. The molecule has 1 aromatic carbocycles. The third-order valence-electron chi connectivity index (χ3n) is 3.47. The largest absolute Gasteiger partial charge is 0.464 e. The highest BCUT2D eigenvalue weighted by Gasteiger charge is 2.28. The zero-order valence-corrected chi connectivity index (χ0v) is 11.4. The second kappa shape index (κ2) is 5.27. The maximum atomic E-state index is 14.4. The molecule has 1 aromatic heterocycles. The zero-order chi connectivity index (χ0) is 14.2. The van der Waals surface area contributed by atoms with E-state index >= 15 is 0 Å². The molecule has 2 rings (SSSR count). The first-order valence-electron chi connectivity index (χ1n) is 6.01. The third kappa shape index (κ3) is 2.35. The summed E-state index contributed by atoms with van der Waals surface area (Å²) >= 11 is 0. The van der Waals surface area contributed by atoms with Crippen LogP contribution < -0.4 is 0 Å². The SMILES string of the molecule is COC(c1c(F)cc2occc2c1F)C(C)N(C)C. The minimum atomic E-state index is -0.686. The summed E-state index contributed by atoms with van der Waals surface area (Å²) in [6, 6.07) is 2.52. The molecule has 19 heavy (non-hydrogen) atoms. The number of methoxy groups -OCH3 is 1. The minimum absolute atomic E-state index is 0.0578. The fourth-order valence-corrected chi connectivity index (χ4v) is 2.14. The maximum Gasteiger partial charge on any atom is 0.143 e. The Hall–Kier alpha value is -1.46. The summed E-state index contributed by atoms with van der Waals surface area (Å²) in [5.41, 5.74) is 0.142. The van der Waals surface area contributed by atoms with Crippen molar-refractivity contribution in [3.63, 3.8) is 0 Å². The van der Waals surface area contributed by atoms with Gasteiger partial charge in [0, 0.05) is 19.2 Å². The predicted octanol–water partition coefficient (Wildman–Crippen LogP) is 3.35.